The van der Waals surface area contributed by atoms with Gasteiger partial charge in [0.05, 0.1) is 43.0 Å². The van der Waals surface area contributed by atoms with Crippen molar-refractivity contribution in [2.24, 2.45) is 0 Å². The molecule has 2 aliphatic heterocycles. The predicted molar refractivity (Wildman–Crippen MR) is 134 cm³/mol. The van der Waals surface area contributed by atoms with Gasteiger partial charge in [-0.05, 0) is 43.7 Å². The maximum Gasteiger partial charge on any atom is 0.256 e. The monoisotopic (exact) mass is 514 g/mol. The van der Waals surface area contributed by atoms with Crippen LogP contribution in [0.2, 0.25) is 0 Å². The van der Waals surface area contributed by atoms with Crippen molar-refractivity contribution in [3.63, 3.8) is 0 Å². The Morgan fingerprint density at radius 2 is 1.95 bits per heavy atom. The van der Waals surface area contributed by atoms with Crippen molar-refractivity contribution >= 4 is 35.1 Å². The molecule has 0 aliphatic carbocycles. The van der Waals surface area contributed by atoms with Crippen LogP contribution in [-0.2, 0) is 14.3 Å². The normalized spacial score (nSPS) is 17.9. The largest absolute Gasteiger partial charge is 0.392 e. The molecule has 1 aromatic heterocycles. The van der Waals surface area contributed by atoms with Crippen LogP contribution in [0.5, 0.6) is 0 Å². The SMILES string of the molecule is Cc1[nH]c(/C=C2\C(=O)Nc3ccc(F)cc32)c(C)c1C(=O)NC[C@@H](O)C[C@@H](O)CC(=O)N1CCOCC1. The van der Waals surface area contributed by atoms with Crippen LogP contribution >= 0.6 is 0 Å². The number of hydrogen-bond donors (Lipinski definition) is 5. The fraction of sp³-hybridized carbons (Fsp3) is 0.423. The Morgan fingerprint density at radius 1 is 1.22 bits per heavy atom. The first kappa shape index (κ1) is 26.5. The van der Waals surface area contributed by atoms with Gasteiger partial charge in [0.25, 0.3) is 11.8 Å². The van der Waals surface area contributed by atoms with E-state index in [1.165, 1.54) is 18.2 Å². The summed E-state index contributed by atoms with van der Waals surface area (Å²) in [4.78, 5) is 42.3. The molecule has 0 spiro atoms. The zero-order valence-corrected chi connectivity index (χ0v) is 20.8. The van der Waals surface area contributed by atoms with Gasteiger partial charge < -0.3 is 35.5 Å². The van der Waals surface area contributed by atoms with Gasteiger partial charge in [-0.15, -0.1) is 0 Å². The second-order valence-electron chi connectivity index (χ2n) is 9.32. The molecule has 10 nitrogen and oxygen atoms in total. The highest BCUT2D eigenvalue weighted by Gasteiger charge is 2.27. The number of H-pyrrole nitrogens is 1. The molecule has 0 unspecified atom stereocenters. The molecule has 0 bridgehead atoms. The number of carbonyl (C=O) groups excluding carboxylic acids is 3. The van der Waals surface area contributed by atoms with Gasteiger partial charge in [-0.3, -0.25) is 14.4 Å². The number of ether oxygens (including phenoxy) is 1. The molecule has 1 saturated heterocycles. The van der Waals surface area contributed by atoms with E-state index >= 15 is 0 Å². The van der Waals surface area contributed by atoms with E-state index in [1.54, 1.807) is 24.8 Å². The minimum Gasteiger partial charge on any atom is -0.392 e. The standard InChI is InChI=1S/C26H31FN4O6/c1-14-22(12-20-19-9-16(27)3-4-21(19)30-25(20)35)29-15(2)24(14)26(36)28-13-18(33)10-17(32)11-23(34)31-5-7-37-8-6-31/h3-4,9,12,17-18,29,32-33H,5-8,10-11,13H2,1-2H3,(H,28,36)(H,30,35)/b20-12-/t17-,18+/m1/s1. The Labute approximate surface area is 213 Å². The number of morpholine rings is 1. The molecule has 2 aromatic rings. The Kier molecular flexibility index (Phi) is 8.06. The van der Waals surface area contributed by atoms with E-state index in [9.17, 15) is 29.0 Å². The highest BCUT2D eigenvalue weighted by atomic mass is 19.1. The third-order valence-electron chi connectivity index (χ3n) is 6.57. The van der Waals surface area contributed by atoms with Gasteiger partial charge in [0, 0.05) is 48.7 Å². The van der Waals surface area contributed by atoms with Crippen molar-refractivity contribution in [2.75, 3.05) is 38.2 Å². The van der Waals surface area contributed by atoms with Gasteiger partial charge in [-0.2, -0.15) is 0 Å². The van der Waals surface area contributed by atoms with Crippen LogP contribution in [0.25, 0.3) is 11.6 Å². The molecule has 2 atom stereocenters. The van der Waals surface area contributed by atoms with Crippen LogP contribution in [0.3, 0.4) is 0 Å². The number of anilines is 1. The third kappa shape index (κ3) is 6.07. The average Bonchev–Trinajstić information content (AvgIpc) is 3.32. The number of aliphatic hydroxyl groups excluding tert-OH is 2. The van der Waals surface area contributed by atoms with Crippen molar-refractivity contribution in [3.05, 3.63) is 52.1 Å². The molecule has 3 amide bonds. The summed E-state index contributed by atoms with van der Waals surface area (Å²) < 4.78 is 19.0. The first-order valence-corrected chi connectivity index (χ1v) is 12.2. The number of halogens is 1. The van der Waals surface area contributed by atoms with Gasteiger partial charge in [-0.25, -0.2) is 4.39 Å². The lowest BCUT2D eigenvalue weighted by Gasteiger charge is -2.28. The molecule has 198 valence electrons. The number of carbonyl (C=O) groups is 3. The zero-order valence-electron chi connectivity index (χ0n) is 20.8. The Bertz CT molecular complexity index is 1230. The maximum atomic E-state index is 13.7. The molecule has 37 heavy (non-hydrogen) atoms. The second-order valence-corrected chi connectivity index (χ2v) is 9.32. The number of nitrogens with zero attached hydrogens (tertiary/aromatic N) is 1. The number of aliphatic hydroxyl groups is 2. The fourth-order valence-corrected chi connectivity index (χ4v) is 4.63. The van der Waals surface area contributed by atoms with Crippen molar-refractivity contribution in [1.29, 1.82) is 0 Å². The quantitative estimate of drug-likeness (QED) is 0.337. The lowest BCUT2D eigenvalue weighted by atomic mass is 10.0. The lowest BCUT2D eigenvalue weighted by molar-refractivity contribution is -0.137. The number of aryl methyl sites for hydroxylation is 1. The van der Waals surface area contributed by atoms with E-state index in [1.807, 2.05) is 0 Å². The molecule has 1 aromatic carbocycles. The molecule has 4 rings (SSSR count). The van der Waals surface area contributed by atoms with Crippen molar-refractivity contribution < 1.29 is 33.7 Å². The first-order valence-electron chi connectivity index (χ1n) is 12.2. The Hall–Kier alpha value is -3.54. The van der Waals surface area contributed by atoms with Gasteiger partial charge in [0.2, 0.25) is 5.91 Å². The third-order valence-corrected chi connectivity index (χ3v) is 6.57. The topological polar surface area (TPSA) is 144 Å². The summed E-state index contributed by atoms with van der Waals surface area (Å²) in [5, 5.41) is 25.9. The van der Waals surface area contributed by atoms with Crippen LogP contribution in [0, 0.1) is 19.7 Å². The van der Waals surface area contributed by atoms with Gasteiger partial charge >= 0.3 is 0 Å². The zero-order chi connectivity index (χ0) is 26.7. The number of aromatic amines is 1. The van der Waals surface area contributed by atoms with Crippen LogP contribution in [0.4, 0.5) is 10.1 Å². The van der Waals surface area contributed by atoms with Crippen LogP contribution < -0.4 is 10.6 Å². The summed E-state index contributed by atoms with van der Waals surface area (Å²) >= 11 is 0. The summed E-state index contributed by atoms with van der Waals surface area (Å²) in [6.45, 7) is 5.21. The van der Waals surface area contributed by atoms with E-state index in [4.69, 9.17) is 4.74 Å². The highest BCUT2D eigenvalue weighted by molar-refractivity contribution is 6.34. The van der Waals surface area contributed by atoms with Crippen molar-refractivity contribution in [2.45, 2.75) is 38.9 Å². The van der Waals surface area contributed by atoms with Crippen LogP contribution in [-0.4, -0.2) is 82.9 Å². The molecule has 11 heteroatoms. The van der Waals surface area contributed by atoms with E-state index in [-0.39, 0.29) is 36.8 Å². The number of benzene rings is 1. The summed E-state index contributed by atoms with van der Waals surface area (Å²) in [7, 11) is 0. The van der Waals surface area contributed by atoms with Crippen LogP contribution in [0.1, 0.15) is 45.7 Å². The maximum absolute atomic E-state index is 13.7. The summed E-state index contributed by atoms with van der Waals surface area (Å²) in [6.07, 6.45) is -0.687. The van der Waals surface area contributed by atoms with E-state index in [0.717, 1.165) is 0 Å². The summed E-state index contributed by atoms with van der Waals surface area (Å²) in [5.41, 5.74) is 3.27. The molecule has 2 aliphatic rings. The molecule has 0 radical (unpaired) electrons. The predicted octanol–water partition coefficient (Wildman–Crippen LogP) is 1.35. The van der Waals surface area contributed by atoms with Gasteiger partial charge in [0.15, 0.2) is 0 Å². The average molecular weight is 515 g/mol. The number of rotatable bonds is 8. The minimum atomic E-state index is -1.05. The minimum absolute atomic E-state index is 0.0656. The summed E-state index contributed by atoms with van der Waals surface area (Å²) in [5.74, 6) is -1.47. The second kappa shape index (κ2) is 11.2. The van der Waals surface area contributed by atoms with Crippen molar-refractivity contribution in [3.8, 4) is 0 Å². The number of aromatic nitrogens is 1. The van der Waals surface area contributed by atoms with E-state index < -0.39 is 23.9 Å². The lowest BCUT2D eigenvalue weighted by Crippen LogP contribution is -2.42. The van der Waals surface area contributed by atoms with Crippen molar-refractivity contribution in [1.82, 2.24) is 15.2 Å². The number of hydrogen-bond acceptors (Lipinski definition) is 6. The molecular weight excluding hydrogens is 483 g/mol. The Balaban J connectivity index is 1.36. The molecule has 0 saturated carbocycles. The van der Waals surface area contributed by atoms with Gasteiger partial charge in [0.1, 0.15) is 5.82 Å². The number of nitrogens with one attached hydrogen (secondary N) is 3. The number of amides is 3. The fourth-order valence-electron chi connectivity index (χ4n) is 4.63. The van der Waals surface area contributed by atoms with E-state index in [2.05, 4.69) is 15.6 Å². The van der Waals surface area contributed by atoms with Gasteiger partial charge in [-0.1, -0.05) is 0 Å². The summed E-state index contributed by atoms with van der Waals surface area (Å²) in [6, 6.07) is 4.04. The van der Waals surface area contributed by atoms with E-state index in [0.29, 0.717) is 60.1 Å². The molecule has 3 heterocycles. The molecular formula is C26H31FN4O6. The molecule has 5 N–H and O–H groups in total. The highest BCUT2D eigenvalue weighted by Crippen LogP contribution is 2.34. The molecule has 1 fully saturated rings. The smallest absolute Gasteiger partial charge is 0.256 e. The number of fused-ring (bicyclic) bond motifs is 1. The van der Waals surface area contributed by atoms with Crippen LogP contribution in [0.15, 0.2) is 18.2 Å². The Morgan fingerprint density at radius 3 is 2.68 bits per heavy atom. The first-order chi connectivity index (χ1) is 17.6.